The smallest absolute Gasteiger partial charge is 0.376 e. The fourth-order valence-electron chi connectivity index (χ4n) is 3.74. The zero-order valence-corrected chi connectivity index (χ0v) is 26.0. The fourth-order valence-corrected chi connectivity index (χ4v) is 4.10. The van der Waals surface area contributed by atoms with E-state index in [9.17, 15) is 14.4 Å². The van der Waals surface area contributed by atoms with Crippen molar-refractivity contribution in [2.45, 2.75) is 79.1 Å². The zero-order valence-electron chi connectivity index (χ0n) is 24.4. The molecule has 40 heavy (non-hydrogen) atoms. The predicted octanol–water partition coefficient (Wildman–Crippen LogP) is 5.45. The molecule has 11 nitrogen and oxygen atoms in total. The number of carbonyl (C=O) groups excluding carboxylic acids is 3. The lowest BCUT2D eigenvalue weighted by atomic mass is 10.0. The summed E-state index contributed by atoms with van der Waals surface area (Å²) in [4.78, 5) is 48.9. The van der Waals surface area contributed by atoms with Gasteiger partial charge in [-0.2, -0.15) is 0 Å². The summed E-state index contributed by atoms with van der Waals surface area (Å²) >= 11 is 3.45. The Morgan fingerprint density at radius 3 is 1.88 bits per heavy atom. The Labute approximate surface area is 241 Å². The van der Waals surface area contributed by atoms with Gasteiger partial charge in [-0.05, 0) is 80.5 Å². The van der Waals surface area contributed by atoms with E-state index in [1.54, 1.807) is 80.5 Å². The lowest BCUT2D eigenvalue weighted by molar-refractivity contribution is 0.00377. The summed E-state index contributed by atoms with van der Waals surface area (Å²) in [6.07, 6.45) is 0. The van der Waals surface area contributed by atoms with E-state index in [1.165, 1.54) is 7.11 Å². The number of carbonyl (C=O) groups is 3. The molecule has 3 rings (SSSR count). The molecule has 0 aliphatic rings. The van der Waals surface area contributed by atoms with Crippen LogP contribution in [0.3, 0.4) is 0 Å². The van der Waals surface area contributed by atoms with Crippen molar-refractivity contribution in [1.29, 1.82) is 0 Å². The first kappa shape index (κ1) is 30.9. The van der Waals surface area contributed by atoms with Crippen LogP contribution in [0.4, 0.5) is 0 Å². The van der Waals surface area contributed by atoms with Gasteiger partial charge >= 0.3 is 17.9 Å². The standard InChI is InChI=1S/C28H35BrN4O7/c1-26(2,3)38-23(34)19-21-18(31-22(32-19)25(36)40-28(7,8)9)17(15-13-14(29)11-12-16(15)37-10)20(33(21)30)24(35)39-27(4,5)6/h11-13H,30H2,1-10H3. The summed E-state index contributed by atoms with van der Waals surface area (Å²) in [6.45, 7) is 15.2. The molecule has 0 aliphatic heterocycles. The summed E-state index contributed by atoms with van der Waals surface area (Å²) in [5.41, 5.74) is -2.58. The van der Waals surface area contributed by atoms with Crippen LogP contribution in [-0.2, 0) is 14.2 Å². The molecule has 0 bridgehead atoms. The highest BCUT2D eigenvalue weighted by molar-refractivity contribution is 9.10. The summed E-state index contributed by atoms with van der Waals surface area (Å²) in [5, 5.41) is 0. The molecule has 2 aromatic heterocycles. The van der Waals surface area contributed by atoms with Crippen molar-refractivity contribution in [3.63, 3.8) is 0 Å². The Hall–Kier alpha value is -3.67. The van der Waals surface area contributed by atoms with Crippen molar-refractivity contribution < 1.29 is 33.3 Å². The molecule has 2 N–H and O–H groups in total. The van der Waals surface area contributed by atoms with Gasteiger partial charge in [0.2, 0.25) is 5.82 Å². The topological polar surface area (TPSA) is 145 Å². The monoisotopic (exact) mass is 618 g/mol. The van der Waals surface area contributed by atoms with E-state index in [2.05, 4.69) is 25.9 Å². The van der Waals surface area contributed by atoms with Gasteiger partial charge in [0.25, 0.3) is 0 Å². The second kappa shape index (κ2) is 10.7. The third-order valence-electron chi connectivity index (χ3n) is 5.04. The minimum Gasteiger partial charge on any atom is -0.496 e. The van der Waals surface area contributed by atoms with Gasteiger partial charge < -0.3 is 24.8 Å². The normalized spacial score (nSPS) is 12.3. The molecule has 216 valence electrons. The SMILES string of the molecule is COc1ccc(Br)cc1-c1c(C(=O)OC(C)(C)C)n(N)c2c(C(=O)OC(C)(C)C)nc(C(=O)OC(C)(C)C)nc12. The molecule has 0 saturated carbocycles. The second-order valence-electron chi connectivity index (χ2n) is 12.0. The average molecular weight is 620 g/mol. The first-order valence-corrected chi connectivity index (χ1v) is 13.3. The fraction of sp³-hybridized carbons (Fsp3) is 0.464. The molecule has 1 aromatic carbocycles. The maximum Gasteiger partial charge on any atom is 0.376 e. The number of esters is 3. The van der Waals surface area contributed by atoms with Gasteiger partial charge in [-0.3, -0.25) is 4.68 Å². The van der Waals surface area contributed by atoms with E-state index in [4.69, 9.17) is 24.8 Å². The third-order valence-corrected chi connectivity index (χ3v) is 5.53. The maximum absolute atomic E-state index is 13.6. The number of nitrogens with zero attached hydrogens (tertiary/aromatic N) is 3. The highest BCUT2D eigenvalue weighted by Crippen LogP contribution is 2.41. The van der Waals surface area contributed by atoms with Crippen LogP contribution in [0.15, 0.2) is 22.7 Å². The van der Waals surface area contributed by atoms with E-state index in [1.807, 2.05) is 0 Å². The van der Waals surface area contributed by atoms with Crippen LogP contribution < -0.4 is 10.6 Å². The van der Waals surface area contributed by atoms with Crippen LogP contribution in [0.1, 0.15) is 93.9 Å². The summed E-state index contributed by atoms with van der Waals surface area (Å²) in [5.74, 6) is 3.92. The van der Waals surface area contributed by atoms with Gasteiger partial charge in [0.05, 0.1) is 7.11 Å². The third kappa shape index (κ3) is 6.90. The summed E-state index contributed by atoms with van der Waals surface area (Å²) in [6, 6.07) is 5.14. The Balaban J connectivity index is 2.54. The van der Waals surface area contributed by atoms with Crippen LogP contribution in [-0.4, -0.2) is 56.5 Å². The molecule has 3 aromatic rings. The maximum atomic E-state index is 13.6. The van der Waals surface area contributed by atoms with Crippen molar-refractivity contribution in [2.24, 2.45) is 0 Å². The molecule has 0 saturated heterocycles. The molecule has 0 spiro atoms. The lowest BCUT2D eigenvalue weighted by Crippen LogP contribution is -2.29. The van der Waals surface area contributed by atoms with Crippen LogP contribution in [0.5, 0.6) is 5.75 Å². The number of nitrogen functional groups attached to an aromatic ring is 1. The molecular formula is C28H35BrN4O7. The highest BCUT2D eigenvalue weighted by atomic mass is 79.9. The number of rotatable bonds is 5. The molecule has 0 aliphatic carbocycles. The number of methoxy groups -OCH3 is 1. The van der Waals surface area contributed by atoms with Crippen LogP contribution in [0, 0.1) is 0 Å². The Morgan fingerprint density at radius 1 is 0.825 bits per heavy atom. The first-order chi connectivity index (χ1) is 18.2. The summed E-state index contributed by atoms with van der Waals surface area (Å²) in [7, 11) is 1.47. The van der Waals surface area contributed by atoms with Gasteiger partial charge in [0.15, 0.2) is 11.4 Å². The number of hydrogen-bond donors (Lipinski definition) is 1. The molecule has 2 heterocycles. The van der Waals surface area contributed by atoms with E-state index in [0.717, 1.165) is 4.68 Å². The molecule has 0 atom stereocenters. The zero-order chi connectivity index (χ0) is 30.4. The van der Waals surface area contributed by atoms with Crippen LogP contribution in [0.25, 0.3) is 22.2 Å². The number of hydrogen-bond acceptors (Lipinski definition) is 10. The Bertz CT molecular complexity index is 1490. The van der Waals surface area contributed by atoms with Gasteiger partial charge in [-0.15, -0.1) is 0 Å². The first-order valence-electron chi connectivity index (χ1n) is 12.5. The van der Waals surface area contributed by atoms with E-state index in [0.29, 0.717) is 15.8 Å². The van der Waals surface area contributed by atoms with Crippen molar-refractivity contribution in [1.82, 2.24) is 14.6 Å². The number of aromatic nitrogens is 3. The molecule has 0 fully saturated rings. The van der Waals surface area contributed by atoms with Crippen molar-refractivity contribution in [3.05, 3.63) is 39.9 Å². The number of ether oxygens (including phenoxy) is 4. The van der Waals surface area contributed by atoms with E-state index >= 15 is 0 Å². The molecule has 0 radical (unpaired) electrons. The number of nitrogens with two attached hydrogens (primary N) is 1. The van der Waals surface area contributed by atoms with E-state index in [-0.39, 0.29) is 28.0 Å². The minimum atomic E-state index is -0.906. The van der Waals surface area contributed by atoms with Gasteiger partial charge in [0, 0.05) is 15.6 Å². The highest BCUT2D eigenvalue weighted by Gasteiger charge is 2.35. The van der Waals surface area contributed by atoms with Crippen LogP contribution in [0.2, 0.25) is 0 Å². The van der Waals surface area contributed by atoms with Gasteiger partial charge in [0.1, 0.15) is 33.6 Å². The van der Waals surface area contributed by atoms with Crippen molar-refractivity contribution >= 4 is 44.9 Å². The largest absolute Gasteiger partial charge is 0.496 e. The van der Waals surface area contributed by atoms with Gasteiger partial charge in [-0.1, -0.05) is 15.9 Å². The quantitative estimate of drug-likeness (QED) is 0.222. The Kier molecular flexibility index (Phi) is 8.27. The Morgan fingerprint density at radius 2 is 1.35 bits per heavy atom. The number of benzene rings is 1. The molecule has 0 amide bonds. The summed E-state index contributed by atoms with van der Waals surface area (Å²) < 4.78 is 24.0. The predicted molar refractivity (Wildman–Crippen MR) is 153 cm³/mol. The lowest BCUT2D eigenvalue weighted by Gasteiger charge is -2.21. The number of halogens is 1. The minimum absolute atomic E-state index is 0.0245. The molecular weight excluding hydrogens is 584 g/mol. The van der Waals surface area contributed by atoms with Crippen LogP contribution >= 0.6 is 15.9 Å². The van der Waals surface area contributed by atoms with Gasteiger partial charge in [-0.25, -0.2) is 24.4 Å². The molecule has 12 heteroatoms. The van der Waals surface area contributed by atoms with E-state index < -0.39 is 40.5 Å². The number of fused-ring (bicyclic) bond motifs is 1. The average Bonchev–Trinajstić information content (AvgIpc) is 3.07. The molecule has 0 unspecified atom stereocenters. The second-order valence-corrected chi connectivity index (χ2v) is 13.0. The van der Waals surface area contributed by atoms with Crippen molar-refractivity contribution in [3.8, 4) is 16.9 Å². The van der Waals surface area contributed by atoms with Crippen molar-refractivity contribution in [2.75, 3.05) is 13.0 Å².